The molecule has 0 spiro atoms. The SMILES string of the molecule is CC1CNCCC1NC(=O)Cn1nnc(-c2ccc(Cl)cc2)n1. The molecular weight excluding hydrogens is 316 g/mol. The fourth-order valence-corrected chi connectivity index (χ4v) is 2.76. The summed E-state index contributed by atoms with van der Waals surface area (Å²) in [6.07, 6.45) is 0.938. The summed E-state index contributed by atoms with van der Waals surface area (Å²) in [6.45, 7) is 4.05. The van der Waals surface area contributed by atoms with Crippen molar-refractivity contribution in [3.8, 4) is 11.4 Å². The Kier molecular flexibility index (Phi) is 4.88. The van der Waals surface area contributed by atoms with Crippen LogP contribution < -0.4 is 10.6 Å². The summed E-state index contributed by atoms with van der Waals surface area (Å²) in [7, 11) is 0. The van der Waals surface area contributed by atoms with Gasteiger partial charge in [0.2, 0.25) is 11.7 Å². The first-order valence-electron chi connectivity index (χ1n) is 7.65. The summed E-state index contributed by atoms with van der Waals surface area (Å²) in [6, 6.07) is 7.37. The standard InChI is InChI=1S/C15H19ClN6O/c1-10-8-17-7-6-13(10)18-14(23)9-22-20-15(19-21-22)11-2-4-12(16)5-3-11/h2-5,10,13,17H,6-9H2,1H3,(H,18,23). The third-order valence-electron chi connectivity index (χ3n) is 3.97. The second kappa shape index (κ2) is 7.06. The highest BCUT2D eigenvalue weighted by Crippen LogP contribution is 2.17. The lowest BCUT2D eigenvalue weighted by Crippen LogP contribution is -2.49. The van der Waals surface area contributed by atoms with Gasteiger partial charge in [-0.15, -0.1) is 10.2 Å². The molecule has 1 aliphatic rings. The Balaban J connectivity index is 1.60. The number of hydrogen-bond donors (Lipinski definition) is 2. The molecule has 2 heterocycles. The van der Waals surface area contributed by atoms with E-state index in [1.165, 1.54) is 4.80 Å². The summed E-state index contributed by atoms with van der Waals surface area (Å²) in [5.74, 6) is 0.801. The first-order valence-corrected chi connectivity index (χ1v) is 8.03. The second-order valence-corrected chi connectivity index (χ2v) is 6.23. The van der Waals surface area contributed by atoms with Crippen LogP contribution in [0.1, 0.15) is 13.3 Å². The number of piperidine rings is 1. The fourth-order valence-electron chi connectivity index (χ4n) is 2.63. The zero-order valence-corrected chi connectivity index (χ0v) is 13.6. The number of benzene rings is 1. The highest BCUT2D eigenvalue weighted by atomic mass is 35.5. The number of amides is 1. The van der Waals surface area contributed by atoms with Crippen molar-refractivity contribution in [3.63, 3.8) is 0 Å². The Hall–Kier alpha value is -1.99. The van der Waals surface area contributed by atoms with E-state index in [-0.39, 0.29) is 18.5 Å². The van der Waals surface area contributed by atoms with Gasteiger partial charge in [-0.1, -0.05) is 18.5 Å². The van der Waals surface area contributed by atoms with E-state index in [1.807, 2.05) is 12.1 Å². The molecule has 2 aromatic rings. The second-order valence-electron chi connectivity index (χ2n) is 5.79. The van der Waals surface area contributed by atoms with E-state index < -0.39 is 0 Å². The highest BCUT2D eigenvalue weighted by molar-refractivity contribution is 6.30. The number of carbonyl (C=O) groups excluding carboxylic acids is 1. The van der Waals surface area contributed by atoms with E-state index in [2.05, 4.69) is 33.0 Å². The maximum absolute atomic E-state index is 12.1. The Morgan fingerprint density at radius 1 is 1.43 bits per heavy atom. The zero-order chi connectivity index (χ0) is 16.2. The molecule has 0 aliphatic carbocycles. The normalized spacial score (nSPS) is 21.1. The number of carbonyl (C=O) groups is 1. The van der Waals surface area contributed by atoms with Crippen LogP contribution in [0.4, 0.5) is 0 Å². The molecule has 2 atom stereocenters. The number of nitrogens with zero attached hydrogens (tertiary/aromatic N) is 4. The first kappa shape index (κ1) is 15.9. The van der Waals surface area contributed by atoms with Gasteiger partial charge in [-0.25, -0.2) is 0 Å². The zero-order valence-electron chi connectivity index (χ0n) is 12.9. The summed E-state index contributed by atoms with van der Waals surface area (Å²) >= 11 is 5.86. The van der Waals surface area contributed by atoms with Gasteiger partial charge in [-0.3, -0.25) is 4.79 Å². The van der Waals surface area contributed by atoms with Crippen LogP contribution in [0.25, 0.3) is 11.4 Å². The summed E-state index contributed by atoms with van der Waals surface area (Å²) in [5.41, 5.74) is 0.813. The molecule has 23 heavy (non-hydrogen) atoms. The molecule has 1 fully saturated rings. The first-order chi connectivity index (χ1) is 11.1. The minimum Gasteiger partial charge on any atom is -0.351 e. The van der Waals surface area contributed by atoms with Gasteiger partial charge in [-0.2, -0.15) is 4.80 Å². The molecule has 2 unspecified atom stereocenters. The lowest BCUT2D eigenvalue weighted by Gasteiger charge is -2.30. The fraction of sp³-hybridized carbons (Fsp3) is 0.467. The lowest BCUT2D eigenvalue weighted by atomic mass is 9.95. The van der Waals surface area contributed by atoms with Crippen LogP contribution in [0.5, 0.6) is 0 Å². The molecule has 7 nitrogen and oxygen atoms in total. The average molecular weight is 335 g/mol. The lowest BCUT2D eigenvalue weighted by molar-refractivity contribution is -0.123. The van der Waals surface area contributed by atoms with Crippen LogP contribution in [-0.2, 0) is 11.3 Å². The number of tetrazole rings is 1. The third-order valence-corrected chi connectivity index (χ3v) is 4.22. The monoisotopic (exact) mass is 334 g/mol. The smallest absolute Gasteiger partial charge is 0.243 e. The van der Waals surface area contributed by atoms with Crippen molar-refractivity contribution in [2.24, 2.45) is 5.92 Å². The summed E-state index contributed by atoms with van der Waals surface area (Å²) < 4.78 is 0. The molecule has 0 bridgehead atoms. The van der Waals surface area contributed by atoms with Crippen molar-refractivity contribution >= 4 is 17.5 Å². The maximum Gasteiger partial charge on any atom is 0.243 e. The van der Waals surface area contributed by atoms with Crippen molar-refractivity contribution in [1.82, 2.24) is 30.8 Å². The van der Waals surface area contributed by atoms with Gasteiger partial charge in [0.15, 0.2) is 0 Å². The topological polar surface area (TPSA) is 84.7 Å². The van der Waals surface area contributed by atoms with Gasteiger partial charge < -0.3 is 10.6 Å². The molecule has 1 aromatic carbocycles. The predicted octanol–water partition coefficient (Wildman–Crippen LogP) is 1.11. The Morgan fingerprint density at radius 3 is 2.96 bits per heavy atom. The molecule has 1 saturated heterocycles. The van der Waals surface area contributed by atoms with Gasteiger partial charge in [0.1, 0.15) is 6.54 Å². The molecule has 1 aliphatic heterocycles. The van der Waals surface area contributed by atoms with E-state index in [0.717, 1.165) is 25.1 Å². The van der Waals surface area contributed by atoms with E-state index in [9.17, 15) is 4.79 Å². The van der Waals surface area contributed by atoms with Gasteiger partial charge in [0.25, 0.3) is 0 Å². The molecule has 3 rings (SSSR count). The van der Waals surface area contributed by atoms with Crippen LogP contribution >= 0.6 is 11.6 Å². The largest absolute Gasteiger partial charge is 0.351 e. The number of hydrogen-bond acceptors (Lipinski definition) is 5. The van der Waals surface area contributed by atoms with E-state index >= 15 is 0 Å². The van der Waals surface area contributed by atoms with Crippen LogP contribution in [-0.4, -0.2) is 45.2 Å². The summed E-state index contributed by atoms with van der Waals surface area (Å²) in [4.78, 5) is 13.4. The predicted molar refractivity (Wildman–Crippen MR) is 86.8 cm³/mol. The van der Waals surface area contributed by atoms with Gasteiger partial charge in [0.05, 0.1) is 0 Å². The molecule has 2 N–H and O–H groups in total. The van der Waals surface area contributed by atoms with E-state index in [4.69, 9.17) is 11.6 Å². The van der Waals surface area contributed by atoms with Crippen molar-refractivity contribution < 1.29 is 4.79 Å². The van der Waals surface area contributed by atoms with Gasteiger partial charge >= 0.3 is 0 Å². The van der Waals surface area contributed by atoms with Crippen molar-refractivity contribution in [1.29, 1.82) is 0 Å². The Bertz CT molecular complexity index is 671. The minimum atomic E-state index is -0.0937. The highest BCUT2D eigenvalue weighted by Gasteiger charge is 2.22. The number of halogens is 1. The van der Waals surface area contributed by atoms with Crippen LogP contribution in [0.3, 0.4) is 0 Å². The summed E-state index contributed by atoms with van der Waals surface area (Å²) in [5, 5.41) is 19.2. The van der Waals surface area contributed by atoms with Gasteiger partial charge in [-0.05, 0) is 54.9 Å². The Labute approximate surface area is 139 Å². The number of nitrogens with one attached hydrogen (secondary N) is 2. The van der Waals surface area contributed by atoms with Crippen molar-refractivity contribution in [2.75, 3.05) is 13.1 Å². The van der Waals surface area contributed by atoms with Crippen molar-refractivity contribution in [3.05, 3.63) is 29.3 Å². The van der Waals surface area contributed by atoms with Gasteiger partial charge in [0, 0.05) is 16.6 Å². The average Bonchev–Trinajstić information content (AvgIpc) is 2.98. The maximum atomic E-state index is 12.1. The number of aromatic nitrogens is 4. The molecular formula is C15H19ClN6O. The number of rotatable bonds is 4. The molecule has 0 saturated carbocycles. The van der Waals surface area contributed by atoms with Crippen molar-refractivity contribution in [2.45, 2.75) is 25.9 Å². The molecule has 122 valence electrons. The van der Waals surface area contributed by atoms with Crippen LogP contribution in [0.15, 0.2) is 24.3 Å². The minimum absolute atomic E-state index is 0.0667. The van der Waals surface area contributed by atoms with Crippen LogP contribution in [0, 0.1) is 5.92 Å². The molecule has 1 aromatic heterocycles. The van der Waals surface area contributed by atoms with E-state index in [1.54, 1.807) is 12.1 Å². The quantitative estimate of drug-likeness (QED) is 0.875. The molecule has 0 radical (unpaired) electrons. The van der Waals surface area contributed by atoms with E-state index in [0.29, 0.717) is 16.8 Å². The van der Waals surface area contributed by atoms with Crippen LogP contribution in [0.2, 0.25) is 5.02 Å². The third kappa shape index (κ3) is 4.05. The Morgan fingerprint density at radius 2 is 2.22 bits per heavy atom. The molecule has 8 heteroatoms. The molecule has 1 amide bonds.